The van der Waals surface area contributed by atoms with E-state index in [2.05, 4.69) is 52.5 Å². The topological polar surface area (TPSA) is 72.9 Å². The Morgan fingerprint density at radius 2 is 2.24 bits per heavy atom. The number of tetrazole rings is 1. The highest BCUT2D eigenvalue weighted by Crippen LogP contribution is 2.27. The molecule has 1 fully saturated rings. The molecule has 0 saturated carbocycles. The van der Waals surface area contributed by atoms with Crippen molar-refractivity contribution in [3.8, 4) is 5.69 Å². The highest BCUT2D eigenvalue weighted by atomic mass is 15.5. The molecule has 1 aliphatic heterocycles. The van der Waals surface area contributed by atoms with Gasteiger partial charge in [-0.2, -0.15) is 0 Å². The van der Waals surface area contributed by atoms with E-state index in [-0.39, 0.29) is 0 Å². The van der Waals surface area contributed by atoms with Crippen molar-refractivity contribution in [1.29, 1.82) is 0 Å². The molecule has 112 valence electrons. The fourth-order valence-electron chi connectivity index (χ4n) is 2.97. The monoisotopic (exact) mass is 286 g/mol. The maximum Gasteiger partial charge on any atom is 0.143 e. The summed E-state index contributed by atoms with van der Waals surface area (Å²) >= 11 is 0. The highest BCUT2D eigenvalue weighted by Gasteiger charge is 2.26. The summed E-state index contributed by atoms with van der Waals surface area (Å²) in [5.74, 6) is 0.545. The number of hydrogen-bond acceptors (Lipinski definition) is 5. The average Bonchev–Trinajstić information content (AvgIpc) is 3.04. The second-order valence-corrected chi connectivity index (χ2v) is 5.95. The van der Waals surface area contributed by atoms with Crippen molar-refractivity contribution in [1.82, 2.24) is 25.1 Å². The van der Waals surface area contributed by atoms with Crippen molar-refractivity contribution in [3.05, 3.63) is 36.2 Å². The molecule has 0 spiro atoms. The molecule has 6 nitrogen and oxygen atoms in total. The standard InChI is InChI=1S/C15H22N6/c1-11-9-20(7-6-15(11)16)12(2)13-4-3-5-14(8-13)21-10-17-18-19-21/h3-5,8,10-12,15H,6-7,9,16H2,1-2H3. The Hall–Kier alpha value is -1.79. The minimum absolute atomic E-state index is 0.334. The van der Waals surface area contributed by atoms with Gasteiger partial charge in [0.25, 0.3) is 0 Å². The van der Waals surface area contributed by atoms with Gasteiger partial charge in [-0.1, -0.05) is 19.1 Å². The van der Waals surface area contributed by atoms with Crippen LogP contribution in [0.2, 0.25) is 0 Å². The smallest absolute Gasteiger partial charge is 0.143 e. The molecule has 1 aromatic heterocycles. The SMILES string of the molecule is CC1CN(C(C)c2cccc(-n3cnnn3)c2)CCC1N. The Morgan fingerprint density at radius 1 is 1.38 bits per heavy atom. The summed E-state index contributed by atoms with van der Waals surface area (Å²) < 4.78 is 1.69. The number of rotatable bonds is 3. The van der Waals surface area contributed by atoms with Crippen LogP contribution >= 0.6 is 0 Å². The third-order valence-electron chi connectivity index (χ3n) is 4.52. The van der Waals surface area contributed by atoms with Gasteiger partial charge in [0, 0.05) is 25.2 Å². The number of benzene rings is 1. The molecule has 0 radical (unpaired) electrons. The van der Waals surface area contributed by atoms with Gasteiger partial charge in [-0.15, -0.1) is 5.10 Å². The third kappa shape index (κ3) is 2.96. The number of nitrogens with two attached hydrogens (primary N) is 1. The van der Waals surface area contributed by atoms with E-state index in [1.165, 1.54) is 5.56 Å². The van der Waals surface area contributed by atoms with Crippen molar-refractivity contribution in [2.75, 3.05) is 13.1 Å². The summed E-state index contributed by atoms with van der Waals surface area (Å²) in [6.45, 7) is 6.60. The van der Waals surface area contributed by atoms with Gasteiger partial charge >= 0.3 is 0 Å². The number of piperidine rings is 1. The van der Waals surface area contributed by atoms with Crippen LogP contribution in [0.5, 0.6) is 0 Å². The van der Waals surface area contributed by atoms with E-state index in [1.807, 2.05) is 6.07 Å². The molecule has 2 N–H and O–H groups in total. The van der Waals surface area contributed by atoms with Crippen LogP contribution in [0, 0.1) is 5.92 Å². The molecular formula is C15H22N6. The Morgan fingerprint density at radius 3 is 2.95 bits per heavy atom. The zero-order valence-electron chi connectivity index (χ0n) is 12.6. The quantitative estimate of drug-likeness (QED) is 0.923. The molecule has 2 aromatic rings. The Kier molecular flexibility index (Phi) is 3.98. The predicted octanol–water partition coefficient (Wildman–Crippen LogP) is 1.39. The van der Waals surface area contributed by atoms with E-state index in [0.29, 0.717) is 18.0 Å². The third-order valence-corrected chi connectivity index (χ3v) is 4.52. The maximum atomic E-state index is 6.12. The molecule has 3 rings (SSSR count). The highest BCUT2D eigenvalue weighted by molar-refractivity contribution is 5.35. The van der Waals surface area contributed by atoms with E-state index in [9.17, 15) is 0 Å². The number of nitrogens with zero attached hydrogens (tertiary/aromatic N) is 5. The van der Waals surface area contributed by atoms with E-state index < -0.39 is 0 Å². The van der Waals surface area contributed by atoms with Crippen molar-refractivity contribution in [2.24, 2.45) is 11.7 Å². The van der Waals surface area contributed by atoms with E-state index in [0.717, 1.165) is 25.2 Å². The molecule has 2 heterocycles. The molecular weight excluding hydrogens is 264 g/mol. The first kappa shape index (κ1) is 14.2. The largest absolute Gasteiger partial charge is 0.327 e. The molecule has 1 aromatic carbocycles. The zero-order chi connectivity index (χ0) is 14.8. The molecule has 1 aliphatic rings. The van der Waals surface area contributed by atoms with Gasteiger partial charge < -0.3 is 5.73 Å². The summed E-state index contributed by atoms with van der Waals surface area (Å²) in [5.41, 5.74) is 8.39. The second kappa shape index (κ2) is 5.91. The van der Waals surface area contributed by atoms with Crippen molar-refractivity contribution >= 4 is 0 Å². The molecule has 0 bridgehead atoms. The summed E-state index contributed by atoms with van der Waals surface area (Å²) in [6, 6.07) is 9.10. The lowest BCUT2D eigenvalue weighted by molar-refractivity contribution is 0.124. The van der Waals surface area contributed by atoms with Crippen LogP contribution in [0.1, 0.15) is 31.9 Å². The van der Waals surface area contributed by atoms with Crippen LogP contribution in [-0.2, 0) is 0 Å². The molecule has 6 heteroatoms. The fourth-order valence-corrected chi connectivity index (χ4v) is 2.97. The van der Waals surface area contributed by atoms with Gasteiger partial charge in [0.1, 0.15) is 6.33 Å². The van der Waals surface area contributed by atoms with E-state index in [4.69, 9.17) is 5.73 Å². The Bertz CT molecular complexity index is 582. The minimum atomic E-state index is 0.334. The Balaban J connectivity index is 1.79. The molecule has 3 atom stereocenters. The first-order chi connectivity index (χ1) is 10.1. The number of aromatic nitrogens is 4. The summed E-state index contributed by atoms with van der Waals surface area (Å²) in [6.07, 6.45) is 2.68. The van der Waals surface area contributed by atoms with Gasteiger partial charge in [-0.05, 0) is 47.4 Å². The maximum absolute atomic E-state index is 6.12. The lowest BCUT2D eigenvalue weighted by atomic mass is 9.92. The van der Waals surface area contributed by atoms with Crippen LogP contribution in [-0.4, -0.2) is 44.2 Å². The minimum Gasteiger partial charge on any atom is -0.327 e. The molecule has 0 amide bonds. The predicted molar refractivity (Wildman–Crippen MR) is 80.9 cm³/mol. The molecule has 0 aliphatic carbocycles. The average molecular weight is 286 g/mol. The fraction of sp³-hybridized carbons (Fsp3) is 0.533. The van der Waals surface area contributed by atoms with Crippen LogP contribution in [0.15, 0.2) is 30.6 Å². The lowest BCUT2D eigenvalue weighted by Crippen LogP contribution is -2.46. The van der Waals surface area contributed by atoms with Crippen molar-refractivity contribution in [3.63, 3.8) is 0 Å². The van der Waals surface area contributed by atoms with Crippen LogP contribution in [0.4, 0.5) is 0 Å². The van der Waals surface area contributed by atoms with E-state index in [1.54, 1.807) is 11.0 Å². The van der Waals surface area contributed by atoms with Gasteiger partial charge in [0.15, 0.2) is 0 Å². The van der Waals surface area contributed by atoms with Crippen molar-refractivity contribution < 1.29 is 0 Å². The Labute approximate surface area is 124 Å². The number of hydrogen-bond donors (Lipinski definition) is 1. The number of likely N-dealkylation sites (tertiary alicyclic amines) is 1. The first-order valence-corrected chi connectivity index (χ1v) is 7.48. The molecule has 21 heavy (non-hydrogen) atoms. The summed E-state index contributed by atoms with van der Waals surface area (Å²) in [4.78, 5) is 2.51. The van der Waals surface area contributed by atoms with Gasteiger partial charge in [-0.3, -0.25) is 4.90 Å². The van der Waals surface area contributed by atoms with Crippen LogP contribution in [0.25, 0.3) is 5.69 Å². The molecule has 1 saturated heterocycles. The van der Waals surface area contributed by atoms with Crippen LogP contribution < -0.4 is 5.73 Å². The van der Waals surface area contributed by atoms with E-state index >= 15 is 0 Å². The normalized spacial score (nSPS) is 24.9. The second-order valence-electron chi connectivity index (χ2n) is 5.95. The van der Waals surface area contributed by atoms with Gasteiger partial charge in [-0.25, -0.2) is 4.68 Å². The van der Waals surface area contributed by atoms with Crippen LogP contribution in [0.3, 0.4) is 0 Å². The summed E-state index contributed by atoms with van der Waals surface area (Å²) in [5, 5.41) is 11.3. The summed E-state index contributed by atoms with van der Waals surface area (Å²) in [7, 11) is 0. The first-order valence-electron chi connectivity index (χ1n) is 7.48. The van der Waals surface area contributed by atoms with Gasteiger partial charge in [0.05, 0.1) is 5.69 Å². The van der Waals surface area contributed by atoms with Gasteiger partial charge in [0.2, 0.25) is 0 Å². The van der Waals surface area contributed by atoms with Crippen molar-refractivity contribution in [2.45, 2.75) is 32.4 Å². The molecule has 3 unspecified atom stereocenters. The lowest BCUT2D eigenvalue weighted by Gasteiger charge is -2.39. The zero-order valence-corrected chi connectivity index (χ0v) is 12.6.